The molecule has 2 N–H and O–H groups in total. The van der Waals surface area contributed by atoms with Gasteiger partial charge >= 0.3 is 6.18 Å². The minimum Gasteiger partial charge on any atom is -0.465 e. The quantitative estimate of drug-likeness (QED) is 0.481. The molecule has 0 saturated heterocycles. The Morgan fingerprint density at radius 2 is 2.09 bits per heavy atom. The van der Waals surface area contributed by atoms with Gasteiger partial charge in [0.25, 0.3) is 6.02 Å². The van der Waals surface area contributed by atoms with Gasteiger partial charge in [0, 0.05) is 7.05 Å². The molecule has 66 valence electrons. The molecule has 11 heavy (non-hydrogen) atoms. The second kappa shape index (κ2) is 4.05. The van der Waals surface area contributed by atoms with Gasteiger partial charge in [0.2, 0.25) is 0 Å². The maximum Gasteiger partial charge on any atom is 0.392 e. The van der Waals surface area contributed by atoms with Gasteiger partial charge < -0.3 is 10.1 Å². The highest BCUT2D eigenvalue weighted by Gasteiger charge is 2.26. The summed E-state index contributed by atoms with van der Waals surface area (Å²) < 4.78 is 38.6. The highest BCUT2D eigenvalue weighted by atomic mass is 19.4. The summed E-state index contributed by atoms with van der Waals surface area (Å²) in [5.74, 6) is 0. The van der Waals surface area contributed by atoms with Crippen molar-refractivity contribution in [3.63, 3.8) is 0 Å². The molecule has 0 aliphatic carbocycles. The van der Waals surface area contributed by atoms with E-state index in [2.05, 4.69) is 10.1 Å². The summed E-state index contributed by atoms with van der Waals surface area (Å²) >= 11 is 0. The molecule has 0 aromatic rings. The third-order valence-corrected chi connectivity index (χ3v) is 0.859. The summed E-state index contributed by atoms with van der Waals surface area (Å²) in [4.78, 5) is 0. The number of hydrogen-bond acceptors (Lipinski definition) is 2. The largest absolute Gasteiger partial charge is 0.465 e. The van der Waals surface area contributed by atoms with E-state index in [1.807, 2.05) is 0 Å². The van der Waals surface area contributed by atoms with Crippen molar-refractivity contribution < 1.29 is 17.9 Å². The first-order valence-corrected chi connectivity index (χ1v) is 2.91. The molecule has 0 radical (unpaired) electrons. The Morgan fingerprint density at radius 1 is 1.55 bits per heavy atom. The van der Waals surface area contributed by atoms with Crippen LogP contribution in [0.15, 0.2) is 0 Å². The van der Waals surface area contributed by atoms with Gasteiger partial charge in [0.1, 0.15) is 6.61 Å². The predicted molar refractivity (Wildman–Crippen MR) is 33.4 cm³/mol. The van der Waals surface area contributed by atoms with Crippen LogP contribution in [0.4, 0.5) is 13.2 Å². The van der Waals surface area contributed by atoms with Crippen molar-refractivity contribution in [3.05, 3.63) is 0 Å². The minimum atomic E-state index is -4.21. The van der Waals surface area contributed by atoms with Crippen LogP contribution in [-0.2, 0) is 4.74 Å². The lowest BCUT2D eigenvalue weighted by molar-refractivity contribution is -0.140. The van der Waals surface area contributed by atoms with Gasteiger partial charge in [0.05, 0.1) is 6.42 Å². The van der Waals surface area contributed by atoms with E-state index in [1.165, 1.54) is 7.05 Å². The van der Waals surface area contributed by atoms with Crippen LogP contribution in [-0.4, -0.2) is 25.9 Å². The number of nitrogens with one attached hydrogen (secondary N) is 2. The summed E-state index contributed by atoms with van der Waals surface area (Å²) in [7, 11) is 1.40. The fourth-order valence-corrected chi connectivity index (χ4v) is 0.341. The number of alkyl halides is 3. The minimum absolute atomic E-state index is 0.353. The van der Waals surface area contributed by atoms with Gasteiger partial charge in [-0.3, -0.25) is 5.41 Å². The number of hydrogen-bond donors (Lipinski definition) is 2. The van der Waals surface area contributed by atoms with E-state index in [1.54, 1.807) is 0 Å². The SMILES string of the molecule is CNC(=N)OCCC(F)(F)F. The molecule has 0 aromatic carbocycles. The zero-order chi connectivity index (χ0) is 8.91. The smallest absolute Gasteiger partial charge is 0.392 e. The molecule has 3 nitrogen and oxygen atoms in total. The molecular formula is C5H9F3N2O. The molecular weight excluding hydrogens is 161 g/mol. The van der Waals surface area contributed by atoms with E-state index in [0.29, 0.717) is 0 Å². The number of rotatable bonds is 2. The average molecular weight is 170 g/mol. The Kier molecular flexibility index (Phi) is 3.70. The predicted octanol–water partition coefficient (Wildman–Crippen LogP) is 1.11. The van der Waals surface area contributed by atoms with E-state index >= 15 is 0 Å². The lowest BCUT2D eigenvalue weighted by Gasteiger charge is -2.07. The standard InChI is InChI=1S/C5H9F3N2O/c1-10-4(9)11-3-2-5(6,7)8/h2-3H2,1H3,(H2,9,10). The molecule has 0 heterocycles. The molecule has 0 spiro atoms. The Bertz CT molecular complexity index is 134. The summed E-state index contributed by atoms with van der Waals surface area (Å²) in [6.45, 7) is -0.511. The van der Waals surface area contributed by atoms with Crippen LogP contribution in [0.3, 0.4) is 0 Å². The topological polar surface area (TPSA) is 45.1 Å². The molecule has 0 bridgehead atoms. The number of amidine groups is 1. The third-order valence-electron chi connectivity index (χ3n) is 0.859. The van der Waals surface area contributed by atoms with Crippen LogP contribution in [0.25, 0.3) is 0 Å². The molecule has 0 amide bonds. The summed E-state index contributed by atoms with van der Waals surface area (Å²) in [5.41, 5.74) is 0. The van der Waals surface area contributed by atoms with Gasteiger partial charge in [0.15, 0.2) is 0 Å². The van der Waals surface area contributed by atoms with Gasteiger partial charge in [-0.1, -0.05) is 0 Å². The van der Waals surface area contributed by atoms with Crippen molar-refractivity contribution in [1.82, 2.24) is 5.32 Å². The normalized spacial score (nSPS) is 10.9. The van der Waals surface area contributed by atoms with E-state index in [0.717, 1.165) is 0 Å². The van der Waals surface area contributed by atoms with Crippen molar-refractivity contribution in [3.8, 4) is 0 Å². The zero-order valence-corrected chi connectivity index (χ0v) is 5.96. The molecule has 0 saturated carbocycles. The van der Waals surface area contributed by atoms with Gasteiger partial charge in [-0.25, -0.2) is 0 Å². The lowest BCUT2D eigenvalue weighted by atomic mass is 10.4. The first-order chi connectivity index (χ1) is 4.95. The van der Waals surface area contributed by atoms with Crippen molar-refractivity contribution >= 4 is 6.02 Å². The van der Waals surface area contributed by atoms with Crippen LogP contribution in [0.1, 0.15) is 6.42 Å². The fourth-order valence-electron chi connectivity index (χ4n) is 0.341. The second-order valence-electron chi connectivity index (χ2n) is 1.79. The Hall–Kier alpha value is -0.940. The zero-order valence-electron chi connectivity index (χ0n) is 5.96. The summed E-state index contributed by atoms with van der Waals surface area (Å²) in [6, 6.07) is -0.353. The first-order valence-electron chi connectivity index (χ1n) is 2.91. The average Bonchev–Trinajstić information content (AvgIpc) is 1.85. The number of ether oxygens (including phenoxy) is 1. The molecule has 0 fully saturated rings. The molecule has 0 rings (SSSR count). The maximum absolute atomic E-state index is 11.4. The van der Waals surface area contributed by atoms with Crippen LogP contribution < -0.4 is 5.32 Å². The Labute approximate surface area is 62.0 Å². The fraction of sp³-hybridized carbons (Fsp3) is 0.800. The van der Waals surface area contributed by atoms with E-state index in [-0.39, 0.29) is 6.02 Å². The summed E-state index contributed by atoms with van der Waals surface area (Å²) in [5, 5.41) is 8.99. The van der Waals surface area contributed by atoms with E-state index in [9.17, 15) is 13.2 Å². The highest BCUT2D eigenvalue weighted by molar-refractivity contribution is 5.69. The molecule has 6 heteroatoms. The molecule has 0 atom stereocenters. The van der Waals surface area contributed by atoms with Crippen molar-refractivity contribution in [2.45, 2.75) is 12.6 Å². The Morgan fingerprint density at radius 3 is 2.45 bits per heavy atom. The van der Waals surface area contributed by atoms with E-state index < -0.39 is 19.2 Å². The van der Waals surface area contributed by atoms with Crippen LogP contribution in [0.5, 0.6) is 0 Å². The Balaban J connectivity index is 3.35. The van der Waals surface area contributed by atoms with Crippen LogP contribution >= 0.6 is 0 Å². The van der Waals surface area contributed by atoms with Gasteiger partial charge in [-0.2, -0.15) is 13.2 Å². The number of halogens is 3. The molecule has 0 aromatic heterocycles. The van der Waals surface area contributed by atoms with E-state index in [4.69, 9.17) is 5.41 Å². The molecule has 0 aliphatic heterocycles. The van der Waals surface area contributed by atoms with Crippen LogP contribution in [0, 0.1) is 5.41 Å². The van der Waals surface area contributed by atoms with Crippen molar-refractivity contribution in [2.24, 2.45) is 0 Å². The lowest BCUT2D eigenvalue weighted by Crippen LogP contribution is -2.22. The molecule has 0 unspecified atom stereocenters. The maximum atomic E-state index is 11.4. The van der Waals surface area contributed by atoms with Gasteiger partial charge in [-0.15, -0.1) is 0 Å². The third kappa shape index (κ3) is 6.95. The monoisotopic (exact) mass is 170 g/mol. The van der Waals surface area contributed by atoms with Crippen molar-refractivity contribution in [2.75, 3.05) is 13.7 Å². The van der Waals surface area contributed by atoms with Crippen LogP contribution in [0.2, 0.25) is 0 Å². The molecule has 0 aliphatic rings. The summed E-state index contributed by atoms with van der Waals surface area (Å²) in [6.07, 6.45) is -5.24. The second-order valence-corrected chi connectivity index (χ2v) is 1.79. The first kappa shape index (κ1) is 10.1. The van der Waals surface area contributed by atoms with Gasteiger partial charge in [-0.05, 0) is 0 Å². The van der Waals surface area contributed by atoms with Crippen molar-refractivity contribution in [1.29, 1.82) is 5.41 Å². The highest BCUT2D eigenvalue weighted by Crippen LogP contribution is 2.18.